The molecule has 1 aromatic carbocycles. The summed E-state index contributed by atoms with van der Waals surface area (Å²) in [5.74, 6) is 9.34. The molecular formula is C13H20OS. The molecule has 0 saturated heterocycles. The van der Waals surface area contributed by atoms with Crippen molar-refractivity contribution in [2.24, 2.45) is 0 Å². The topological polar surface area (TPSA) is 9.23 Å². The summed E-state index contributed by atoms with van der Waals surface area (Å²) in [5.41, 5.74) is 3.70. The van der Waals surface area contributed by atoms with E-state index in [1.165, 1.54) is 21.6 Å². The van der Waals surface area contributed by atoms with Crippen LogP contribution in [0.3, 0.4) is 0 Å². The Hall–Kier alpha value is -0.890. The number of hydrogen-bond donors (Lipinski definition) is 0. The number of rotatable bonds is 2. The van der Waals surface area contributed by atoms with Crippen LogP contribution in [-0.4, -0.2) is 25.1 Å². The van der Waals surface area contributed by atoms with Gasteiger partial charge in [0.1, 0.15) is 5.75 Å². The van der Waals surface area contributed by atoms with E-state index in [0.29, 0.717) is 0 Å². The van der Waals surface area contributed by atoms with Crippen LogP contribution in [-0.2, 0) is 0 Å². The van der Waals surface area contributed by atoms with Crippen LogP contribution in [0.2, 0.25) is 0 Å². The van der Waals surface area contributed by atoms with Crippen LogP contribution in [0.25, 0.3) is 0 Å². The van der Waals surface area contributed by atoms with Crippen molar-refractivity contribution in [1.29, 1.82) is 0 Å². The molecule has 2 heteroatoms. The van der Waals surface area contributed by atoms with Crippen molar-refractivity contribution in [3.8, 4) is 5.75 Å². The van der Waals surface area contributed by atoms with E-state index in [-0.39, 0.29) is 0 Å². The van der Waals surface area contributed by atoms with E-state index in [1.807, 2.05) is 0 Å². The van der Waals surface area contributed by atoms with Gasteiger partial charge in [0.25, 0.3) is 0 Å². The molecule has 0 saturated carbocycles. The highest BCUT2D eigenvalue weighted by Crippen LogP contribution is 2.38. The highest BCUT2D eigenvalue weighted by molar-refractivity contribution is 8.27. The molecular weight excluding hydrogens is 204 g/mol. The Morgan fingerprint density at radius 2 is 1.67 bits per heavy atom. The molecule has 15 heavy (non-hydrogen) atoms. The minimum atomic E-state index is -1.17. The van der Waals surface area contributed by atoms with Crippen molar-refractivity contribution in [2.75, 3.05) is 13.4 Å². The summed E-state index contributed by atoms with van der Waals surface area (Å²) >= 11 is 0. The Bertz CT molecular complexity index is 482. The maximum atomic E-state index is 5.34. The van der Waals surface area contributed by atoms with Gasteiger partial charge >= 0.3 is 0 Å². The molecule has 0 N–H and O–H groups in total. The van der Waals surface area contributed by atoms with Crippen molar-refractivity contribution >= 4 is 20.9 Å². The van der Waals surface area contributed by atoms with Gasteiger partial charge in [-0.15, -0.1) is 0 Å². The first kappa shape index (κ1) is 12.2. The fraction of sp³-hybridized carbons (Fsp3) is 0.385. The Morgan fingerprint density at radius 3 is 2.07 bits per heavy atom. The summed E-state index contributed by atoms with van der Waals surface area (Å²) in [4.78, 5) is 1.31. The van der Waals surface area contributed by atoms with Gasteiger partial charge in [0.2, 0.25) is 0 Å². The summed E-state index contributed by atoms with van der Waals surface area (Å²) in [7, 11) is 0.542. The molecule has 0 radical (unpaired) electrons. The Kier molecular flexibility index (Phi) is 3.19. The standard InChI is InChI=1S/C13H20OS/c1-9-8-12(14-4)10(2)11(3)13(9)15(5,6)7/h8H,5-6H2,1-4,7H3. The van der Waals surface area contributed by atoms with E-state index in [4.69, 9.17) is 4.74 Å². The first-order chi connectivity index (χ1) is 6.79. The molecule has 0 aromatic heterocycles. The third-order valence-electron chi connectivity index (χ3n) is 2.69. The minimum absolute atomic E-state index is 0.956. The maximum Gasteiger partial charge on any atom is 0.122 e. The van der Waals surface area contributed by atoms with Crippen molar-refractivity contribution in [3.63, 3.8) is 0 Å². The molecule has 0 fully saturated rings. The summed E-state index contributed by atoms with van der Waals surface area (Å²) in [6.07, 6.45) is 2.12. The average Bonchev–Trinajstić information content (AvgIpc) is 2.09. The SMILES string of the molecule is C=S(=C)(C)c1c(C)cc(OC)c(C)c1C. The van der Waals surface area contributed by atoms with Gasteiger partial charge in [0, 0.05) is 4.90 Å². The van der Waals surface area contributed by atoms with E-state index in [2.05, 4.69) is 44.8 Å². The lowest BCUT2D eigenvalue weighted by atomic mass is 10.1. The molecule has 1 aromatic rings. The molecule has 1 nitrogen and oxygen atoms in total. The number of methoxy groups -OCH3 is 1. The normalized spacial score (nSPS) is 11.5. The highest BCUT2D eigenvalue weighted by atomic mass is 32.2. The zero-order valence-electron chi connectivity index (χ0n) is 10.3. The molecule has 84 valence electrons. The third kappa shape index (κ3) is 2.20. The Morgan fingerprint density at radius 1 is 1.13 bits per heavy atom. The van der Waals surface area contributed by atoms with Gasteiger partial charge in [0.05, 0.1) is 7.11 Å². The number of ether oxygens (including phenoxy) is 1. The molecule has 0 bridgehead atoms. The average molecular weight is 224 g/mol. The van der Waals surface area contributed by atoms with Gasteiger partial charge in [-0.3, -0.25) is 0 Å². The monoisotopic (exact) mass is 224 g/mol. The lowest BCUT2D eigenvalue weighted by Gasteiger charge is -2.19. The van der Waals surface area contributed by atoms with Crippen LogP contribution in [0.4, 0.5) is 0 Å². The maximum absolute atomic E-state index is 5.34. The van der Waals surface area contributed by atoms with Gasteiger partial charge in [0.15, 0.2) is 0 Å². The number of aryl methyl sites for hydroxylation is 1. The van der Waals surface area contributed by atoms with E-state index in [1.54, 1.807) is 7.11 Å². The van der Waals surface area contributed by atoms with Gasteiger partial charge in [-0.2, -0.15) is 9.21 Å². The molecule has 0 amide bonds. The molecule has 0 unspecified atom stereocenters. The molecule has 0 atom stereocenters. The molecule has 1 rings (SSSR count). The van der Waals surface area contributed by atoms with E-state index >= 15 is 0 Å². The van der Waals surface area contributed by atoms with Gasteiger partial charge in [-0.25, -0.2) is 0 Å². The van der Waals surface area contributed by atoms with Crippen LogP contribution in [0.1, 0.15) is 16.7 Å². The number of benzene rings is 1. The second-order valence-corrected chi connectivity index (χ2v) is 7.21. The fourth-order valence-electron chi connectivity index (χ4n) is 1.99. The van der Waals surface area contributed by atoms with Crippen molar-refractivity contribution in [2.45, 2.75) is 25.7 Å². The van der Waals surface area contributed by atoms with Crippen LogP contribution >= 0.6 is 9.21 Å². The van der Waals surface area contributed by atoms with Gasteiger partial charge < -0.3 is 4.74 Å². The first-order valence-corrected chi connectivity index (χ1v) is 7.26. The second-order valence-electron chi connectivity index (χ2n) is 4.25. The summed E-state index contributed by atoms with van der Waals surface area (Å²) in [6.45, 7) is 6.32. The Balaban J connectivity index is 3.65. The highest BCUT2D eigenvalue weighted by Gasteiger charge is 2.11. The van der Waals surface area contributed by atoms with E-state index in [0.717, 1.165) is 5.75 Å². The van der Waals surface area contributed by atoms with Crippen molar-refractivity contribution in [3.05, 3.63) is 22.8 Å². The van der Waals surface area contributed by atoms with E-state index < -0.39 is 9.21 Å². The predicted molar refractivity (Wildman–Crippen MR) is 73.2 cm³/mol. The van der Waals surface area contributed by atoms with Crippen LogP contribution in [0.5, 0.6) is 5.75 Å². The quantitative estimate of drug-likeness (QED) is 0.701. The van der Waals surface area contributed by atoms with Gasteiger partial charge in [-0.1, -0.05) is 11.7 Å². The molecule has 0 heterocycles. The zero-order chi connectivity index (χ0) is 11.8. The van der Waals surface area contributed by atoms with Crippen LogP contribution in [0.15, 0.2) is 11.0 Å². The van der Waals surface area contributed by atoms with Gasteiger partial charge in [-0.05, 0) is 49.8 Å². The number of hydrogen-bond acceptors (Lipinski definition) is 1. The molecule has 0 aliphatic heterocycles. The lowest BCUT2D eigenvalue weighted by molar-refractivity contribution is 0.410. The Labute approximate surface area is 93.6 Å². The summed E-state index contributed by atoms with van der Waals surface area (Å²) in [5, 5.41) is 0. The van der Waals surface area contributed by atoms with Crippen molar-refractivity contribution < 1.29 is 4.74 Å². The smallest absolute Gasteiger partial charge is 0.122 e. The first-order valence-electron chi connectivity index (χ1n) is 4.88. The van der Waals surface area contributed by atoms with E-state index in [9.17, 15) is 0 Å². The minimum Gasteiger partial charge on any atom is -0.496 e. The van der Waals surface area contributed by atoms with Crippen molar-refractivity contribution in [1.82, 2.24) is 0 Å². The largest absolute Gasteiger partial charge is 0.496 e. The lowest BCUT2D eigenvalue weighted by Crippen LogP contribution is -1.97. The molecule has 0 aliphatic carbocycles. The summed E-state index contributed by atoms with van der Waals surface area (Å²) in [6, 6.07) is 2.08. The van der Waals surface area contributed by atoms with Crippen LogP contribution < -0.4 is 4.74 Å². The van der Waals surface area contributed by atoms with Crippen LogP contribution in [0, 0.1) is 20.8 Å². The summed E-state index contributed by atoms with van der Waals surface area (Å²) < 4.78 is 5.34. The fourth-order valence-corrected chi connectivity index (χ4v) is 3.72. The zero-order valence-corrected chi connectivity index (χ0v) is 11.1. The third-order valence-corrected chi connectivity index (χ3v) is 4.30. The molecule has 0 spiro atoms. The molecule has 0 aliphatic rings. The second kappa shape index (κ2) is 3.93. The predicted octanol–water partition coefficient (Wildman–Crippen LogP) is 3.28.